The lowest BCUT2D eigenvalue weighted by Gasteiger charge is -2.22. The van der Waals surface area contributed by atoms with E-state index in [1.165, 1.54) is 0 Å². The highest BCUT2D eigenvalue weighted by molar-refractivity contribution is 5.85. The van der Waals surface area contributed by atoms with E-state index in [1.54, 1.807) is 30.3 Å². The summed E-state index contributed by atoms with van der Waals surface area (Å²) in [5.41, 5.74) is 5.46. The number of alkyl halides is 3. The molecule has 0 aliphatic rings. The van der Waals surface area contributed by atoms with Crippen LogP contribution in [0.4, 0.5) is 13.2 Å². The van der Waals surface area contributed by atoms with Crippen molar-refractivity contribution in [3.8, 4) is 0 Å². The zero-order valence-corrected chi connectivity index (χ0v) is 11.1. The number of nitrogens with one attached hydrogen (secondary N) is 2. The normalized spacial score (nSPS) is 12.6. The molecule has 4 N–H and O–H groups in total. The van der Waals surface area contributed by atoms with Gasteiger partial charge in [0.05, 0.1) is 13.1 Å². The SMILES string of the molecule is NCC(=O)NCC(=O)NC(Cc1ccccc1)C(F)(F)F. The third kappa shape index (κ3) is 6.26. The van der Waals surface area contributed by atoms with Crippen molar-refractivity contribution in [2.75, 3.05) is 13.1 Å². The van der Waals surface area contributed by atoms with Gasteiger partial charge in [0, 0.05) is 6.42 Å². The average molecular weight is 303 g/mol. The smallest absolute Gasteiger partial charge is 0.346 e. The van der Waals surface area contributed by atoms with Crippen molar-refractivity contribution >= 4 is 11.8 Å². The lowest BCUT2D eigenvalue weighted by molar-refractivity contribution is -0.161. The maximum Gasteiger partial charge on any atom is 0.408 e. The first-order valence-electron chi connectivity index (χ1n) is 6.19. The summed E-state index contributed by atoms with van der Waals surface area (Å²) in [5, 5.41) is 3.97. The summed E-state index contributed by atoms with van der Waals surface area (Å²) in [7, 11) is 0. The Morgan fingerprint density at radius 1 is 1.14 bits per heavy atom. The highest BCUT2D eigenvalue weighted by Gasteiger charge is 2.40. The molecule has 0 saturated heterocycles. The molecule has 8 heteroatoms. The summed E-state index contributed by atoms with van der Waals surface area (Å²) < 4.78 is 38.7. The molecule has 1 unspecified atom stereocenters. The fourth-order valence-corrected chi connectivity index (χ4v) is 1.59. The van der Waals surface area contributed by atoms with Crippen molar-refractivity contribution < 1.29 is 22.8 Å². The molecular formula is C13H16F3N3O2. The number of rotatable bonds is 6. The number of amides is 2. The van der Waals surface area contributed by atoms with Gasteiger partial charge in [0.15, 0.2) is 0 Å². The molecule has 0 aliphatic carbocycles. The first-order chi connectivity index (χ1) is 9.82. The quantitative estimate of drug-likeness (QED) is 0.709. The van der Waals surface area contributed by atoms with Crippen LogP contribution in [0.3, 0.4) is 0 Å². The van der Waals surface area contributed by atoms with Crippen molar-refractivity contribution in [2.24, 2.45) is 5.73 Å². The first-order valence-corrected chi connectivity index (χ1v) is 6.19. The molecule has 0 heterocycles. The van der Waals surface area contributed by atoms with Crippen LogP contribution in [-0.4, -0.2) is 37.1 Å². The molecule has 0 saturated carbocycles. The third-order valence-corrected chi connectivity index (χ3v) is 2.64. The van der Waals surface area contributed by atoms with E-state index in [9.17, 15) is 22.8 Å². The maximum absolute atomic E-state index is 12.9. The summed E-state index contributed by atoms with van der Waals surface area (Å²) >= 11 is 0. The van der Waals surface area contributed by atoms with Gasteiger partial charge in [-0.1, -0.05) is 30.3 Å². The Morgan fingerprint density at radius 3 is 2.29 bits per heavy atom. The Morgan fingerprint density at radius 2 is 1.76 bits per heavy atom. The molecule has 0 aromatic heterocycles. The Bertz CT molecular complexity index is 477. The molecule has 0 bridgehead atoms. The average Bonchev–Trinajstić information content (AvgIpc) is 2.44. The number of hydrogen-bond acceptors (Lipinski definition) is 3. The van der Waals surface area contributed by atoms with Gasteiger partial charge in [0.25, 0.3) is 0 Å². The number of benzene rings is 1. The number of nitrogens with two attached hydrogens (primary N) is 1. The van der Waals surface area contributed by atoms with Crippen molar-refractivity contribution in [2.45, 2.75) is 18.6 Å². The summed E-state index contributed by atoms with van der Waals surface area (Å²) in [4.78, 5) is 22.3. The van der Waals surface area contributed by atoms with Gasteiger partial charge in [-0.3, -0.25) is 9.59 Å². The van der Waals surface area contributed by atoms with E-state index in [4.69, 9.17) is 5.73 Å². The van der Waals surface area contributed by atoms with Crippen molar-refractivity contribution in [1.29, 1.82) is 0 Å². The minimum Gasteiger partial charge on any atom is -0.346 e. The summed E-state index contributed by atoms with van der Waals surface area (Å²) in [6.07, 6.45) is -4.95. The van der Waals surface area contributed by atoms with E-state index in [2.05, 4.69) is 5.32 Å². The molecular weight excluding hydrogens is 287 g/mol. The largest absolute Gasteiger partial charge is 0.408 e. The zero-order chi connectivity index (χ0) is 15.9. The van der Waals surface area contributed by atoms with Crippen LogP contribution in [0, 0.1) is 0 Å². The molecule has 0 fully saturated rings. The first kappa shape index (κ1) is 17.0. The van der Waals surface area contributed by atoms with Gasteiger partial charge in [-0.15, -0.1) is 0 Å². The van der Waals surface area contributed by atoms with Gasteiger partial charge in [-0.25, -0.2) is 0 Å². The van der Waals surface area contributed by atoms with E-state index >= 15 is 0 Å². The Labute approximate surface area is 119 Å². The van der Waals surface area contributed by atoms with Crippen LogP contribution in [-0.2, 0) is 16.0 Å². The summed E-state index contributed by atoms with van der Waals surface area (Å²) in [6, 6.07) is 6.00. The number of carbonyl (C=O) groups excluding carboxylic acids is 2. The van der Waals surface area contributed by atoms with E-state index in [0.717, 1.165) is 0 Å². The van der Waals surface area contributed by atoms with Gasteiger partial charge in [-0.05, 0) is 5.56 Å². The zero-order valence-electron chi connectivity index (χ0n) is 11.1. The molecule has 2 amide bonds. The number of halogens is 3. The molecule has 1 atom stereocenters. The van der Waals surface area contributed by atoms with Crippen LogP contribution < -0.4 is 16.4 Å². The van der Waals surface area contributed by atoms with Crippen LogP contribution in [0.15, 0.2) is 30.3 Å². The van der Waals surface area contributed by atoms with Crippen LogP contribution in [0.25, 0.3) is 0 Å². The van der Waals surface area contributed by atoms with Crippen LogP contribution in [0.2, 0.25) is 0 Å². The van der Waals surface area contributed by atoms with E-state index < -0.39 is 30.6 Å². The Balaban J connectivity index is 2.63. The van der Waals surface area contributed by atoms with Gasteiger partial charge in [-0.2, -0.15) is 13.2 Å². The van der Waals surface area contributed by atoms with Gasteiger partial charge >= 0.3 is 6.18 Å². The Hall–Kier alpha value is -2.09. The molecule has 116 valence electrons. The summed E-state index contributed by atoms with van der Waals surface area (Å²) in [6.45, 7) is -0.878. The van der Waals surface area contributed by atoms with Crippen molar-refractivity contribution in [3.05, 3.63) is 35.9 Å². The highest BCUT2D eigenvalue weighted by atomic mass is 19.4. The lowest BCUT2D eigenvalue weighted by Crippen LogP contribution is -2.50. The minimum atomic E-state index is -4.58. The molecule has 0 spiro atoms. The molecule has 0 radical (unpaired) electrons. The van der Waals surface area contributed by atoms with Gasteiger partial charge < -0.3 is 16.4 Å². The van der Waals surface area contributed by atoms with E-state index in [1.807, 2.05) is 5.32 Å². The van der Waals surface area contributed by atoms with E-state index in [-0.39, 0.29) is 13.0 Å². The predicted molar refractivity (Wildman–Crippen MR) is 70.2 cm³/mol. The standard InChI is InChI=1S/C13H16F3N3O2/c14-13(15,16)10(6-9-4-2-1-3-5-9)19-12(21)8-18-11(20)7-17/h1-5,10H,6-8,17H2,(H,18,20)(H,19,21). The van der Waals surface area contributed by atoms with Crippen LogP contribution in [0.5, 0.6) is 0 Å². The van der Waals surface area contributed by atoms with E-state index in [0.29, 0.717) is 5.56 Å². The molecule has 1 aromatic carbocycles. The number of carbonyl (C=O) groups is 2. The minimum absolute atomic E-state index is 0.333. The third-order valence-electron chi connectivity index (χ3n) is 2.64. The fraction of sp³-hybridized carbons (Fsp3) is 0.385. The molecule has 5 nitrogen and oxygen atoms in total. The van der Waals surface area contributed by atoms with Crippen LogP contribution >= 0.6 is 0 Å². The maximum atomic E-state index is 12.9. The second-order valence-electron chi connectivity index (χ2n) is 4.33. The fourth-order valence-electron chi connectivity index (χ4n) is 1.59. The lowest BCUT2D eigenvalue weighted by atomic mass is 10.1. The van der Waals surface area contributed by atoms with Gasteiger partial charge in [0.1, 0.15) is 6.04 Å². The summed E-state index contributed by atoms with van der Waals surface area (Å²) in [5.74, 6) is -1.54. The number of hydrogen-bond donors (Lipinski definition) is 3. The molecule has 1 aromatic rings. The highest BCUT2D eigenvalue weighted by Crippen LogP contribution is 2.23. The van der Waals surface area contributed by atoms with Crippen molar-refractivity contribution in [3.63, 3.8) is 0 Å². The molecule has 21 heavy (non-hydrogen) atoms. The topological polar surface area (TPSA) is 84.2 Å². The second kappa shape index (κ2) is 7.63. The molecule has 0 aliphatic heterocycles. The predicted octanol–water partition coefficient (Wildman–Crippen LogP) is 0.351. The van der Waals surface area contributed by atoms with Gasteiger partial charge in [0.2, 0.25) is 11.8 Å². The Kier molecular flexibility index (Phi) is 6.16. The molecule has 1 rings (SSSR count). The monoisotopic (exact) mass is 303 g/mol. The van der Waals surface area contributed by atoms with Crippen LogP contribution in [0.1, 0.15) is 5.56 Å². The van der Waals surface area contributed by atoms with Crippen molar-refractivity contribution in [1.82, 2.24) is 10.6 Å². The second-order valence-corrected chi connectivity index (χ2v) is 4.33.